The van der Waals surface area contributed by atoms with Crippen molar-refractivity contribution in [2.24, 2.45) is 7.05 Å². The summed E-state index contributed by atoms with van der Waals surface area (Å²) in [7, 11) is 1.87. The highest BCUT2D eigenvalue weighted by molar-refractivity contribution is 7.13. The van der Waals surface area contributed by atoms with Crippen LogP contribution in [0.15, 0.2) is 21.9 Å². The lowest BCUT2D eigenvalue weighted by Gasteiger charge is -2.16. The first kappa shape index (κ1) is 19.2. The average molecular weight is 390 g/mol. The van der Waals surface area contributed by atoms with Crippen LogP contribution in [0.4, 0.5) is 5.69 Å². The number of thiophene rings is 1. The smallest absolute Gasteiger partial charge is 0.279 e. The Balaban J connectivity index is 1.64. The van der Waals surface area contributed by atoms with Crippen LogP contribution in [0.25, 0.3) is 10.8 Å². The van der Waals surface area contributed by atoms with Gasteiger partial charge in [-0.15, -0.1) is 21.5 Å². The van der Waals surface area contributed by atoms with E-state index in [1.807, 2.05) is 38.4 Å². The number of amides is 1. The van der Waals surface area contributed by atoms with Gasteiger partial charge in [-0.05, 0) is 31.7 Å². The number of quaternary nitrogens is 1. The molecule has 8 nitrogen and oxygen atoms in total. The quantitative estimate of drug-likeness (QED) is 0.610. The molecule has 0 radical (unpaired) electrons. The van der Waals surface area contributed by atoms with Crippen molar-refractivity contribution in [3.05, 3.63) is 34.8 Å². The fourth-order valence-electron chi connectivity index (χ4n) is 3.00. The van der Waals surface area contributed by atoms with Crippen molar-refractivity contribution >= 4 is 22.9 Å². The molecule has 0 saturated heterocycles. The number of aryl methyl sites for hydroxylation is 2. The first-order valence-electron chi connectivity index (χ1n) is 8.97. The SMILES string of the molecule is CCC[NH+](CC(=O)Nc1c(C)nn(C)c1C)Cc1nnc(-c2cccs2)o1. The van der Waals surface area contributed by atoms with E-state index in [0.29, 0.717) is 24.9 Å². The van der Waals surface area contributed by atoms with Gasteiger partial charge in [0.25, 0.3) is 17.7 Å². The normalized spacial score (nSPS) is 12.3. The van der Waals surface area contributed by atoms with Gasteiger partial charge in [-0.3, -0.25) is 9.48 Å². The zero-order valence-electron chi connectivity index (χ0n) is 16.1. The van der Waals surface area contributed by atoms with Crippen molar-refractivity contribution in [2.45, 2.75) is 33.7 Å². The Labute approximate surface area is 162 Å². The Morgan fingerprint density at radius 1 is 1.37 bits per heavy atom. The third-order valence-electron chi connectivity index (χ3n) is 4.39. The van der Waals surface area contributed by atoms with Crippen LogP contribution in [-0.2, 0) is 18.4 Å². The van der Waals surface area contributed by atoms with Crippen molar-refractivity contribution in [1.29, 1.82) is 0 Å². The van der Waals surface area contributed by atoms with Crippen LogP contribution in [0.1, 0.15) is 30.6 Å². The van der Waals surface area contributed by atoms with E-state index in [2.05, 4.69) is 27.5 Å². The third kappa shape index (κ3) is 4.61. The minimum Gasteiger partial charge on any atom is -0.414 e. The molecule has 3 heterocycles. The summed E-state index contributed by atoms with van der Waals surface area (Å²) in [6.07, 6.45) is 0.958. The lowest BCUT2D eigenvalue weighted by Crippen LogP contribution is -3.11. The lowest BCUT2D eigenvalue weighted by molar-refractivity contribution is -0.907. The molecule has 0 saturated carbocycles. The minimum absolute atomic E-state index is 0.0457. The molecule has 0 aliphatic rings. The summed E-state index contributed by atoms with van der Waals surface area (Å²) < 4.78 is 7.54. The van der Waals surface area contributed by atoms with Crippen LogP contribution in [-0.4, -0.2) is 39.0 Å². The minimum atomic E-state index is -0.0457. The van der Waals surface area contributed by atoms with Crippen LogP contribution in [0, 0.1) is 13.8 Å². The van der Waals surface area contributed by atoms with Gasteiger partial charge in [-0.25, -0.2) is 0 Å². The fourth-order valence-corrected chi connectivity index (χ4v) is 3.64. The molecule has 1 amide bonds. The molecular weight excluding hydrogens is 364 g/mol. The number of carbonyl (C=O) groups is 1. The van der Waals surface area contributed by atoms with Gasteiger partial charge < -0.3 is 14.6 Å². The average Bonchev–Trinajstić information content (AvgIpc) is 3.34. The second-order valence-electron chi connectivity index (χ2n) is 6.55. The van der Waals surface area contributed by atoms with Crippen LogP contribution in [0.3, 0.4) is 0 Å². The van der Waals surface area contributed by atoms with E-state index < -0.39 is 0 Å². The van der Waals surface area contributed by atoms with Gasteiger partial charge in [0.1, 0.15) is 0 Å². The molecule has 2 N–H and O–H groups in total. The van der Waals surface area contributed by atoms with E-state index in [9.17, 15) is 4.79 Å². The molecule has 0 aliphatic heterocycles. The van der Waals surface area contributed by atoms with E-state index >= 15 is 0 Å². The number of carbonyl (C=O) groups excluding carboxylic acids is 1. The zero-order chi connectivity index (χ0) is 19.4. The Hall–Kier alpha value is -2.52. The standard InChI is InChI=1S/C18H24N6O2S/c1-5-8-24(10-15(25)19-17-12(2)22-23(4)13(17)3)11-16-20-21-18(26-16)14-7-6-9-27-14/h6-7,9H,5,8,10-11H2,1-4H3,(H,19,25)/p+1. The molecule has 3 rings (SSSR count). The van der Waals surface area contributed by atoms with Gasteiger partial charge in [0.05, 0.1) is 28.5 Å². The lowest BCUT2D eigenvalue weighted by atomic mass is 10.3. The molecule has 0 spiro atoms. The molecule has 0 bridgehead atoms. The van der Waals surface area contributed by atoms with Gasteiger partial charge in [-0.2, -0.15) is 5.10 Å². The zero-order valence-corrected chi connectivity index (χ0v) is 16.9. The maximum absolute atomic E-state index is 12.6. The maximum Gasteiger partial charge on any atom is 0.279 e. The summed E-state index contributed by atoms with van der Waals surface area (Å²) in [5.41, 5.74) is 2.55. The van der Waals surface area contributed by atoms with Crippen molar-refractivity contribution in [2.75, 3.05) is 18.4 Å². The Kier molecular flexibility index (Phi) is 6.02. The van der Waals surface area contributed by atoms with E-state index in [1.165, 1.54) is 0 Å². The monoisotopic (exact) mass is 389 g/mol. The van der Waals surface area contributed by atoms with E-state index in [1.54, 1.807) is 16.0 Å². The summed E-state index contributed by atoms with van der Waals surface area (Å²) in [6.45, 7) is 7.62. The molecule has 0 aliphatic carbocycles. The van der Waals surface area contributed by atoms with Gasteiger partial charge in [0.2, 0.25) is 0 Å². The van der Waals surface area contributed by atoms with E-state index in [-0.39, 0.29) is 5.91 Å². The molecule has 9 heteroatoms. The summed E-state index contributed by atoms with van der Waals surface area (Å²) >= 11 is 1.56. The summed E-state index contributed by atoms with van der Waals surface area (Å²) in [4.78, 5) is 14.6. The maximum atomic E-state index is 12.6. The fraction of sp³-hybridized carbons (Fsp3) is 0.444. The first-order chi connectivity index (χ1) is 13.0. The largest absolute Gasteiger partial charge is 0.414 e. The number of nitrogens with one attached hydrogen (secondary N) is 2. The number of rotatable bonds is 8. The molecule has 0 fully saturated rings. The van der Waals surface area contributed by atoms with Crippen molar-refractivity contribution < 1.29 is 14.1 Å². The molecule has 3 aromatic heterocycles. The Morgan fingerprint density at radius 3 is 2.81 bits per heavy atom. The van der Waals surface area contributed by atoms with Crippen LogP contribution in [0.5, 0.6) is 0 Å². The topological polar surface area (TPSA) is 90.3 Å². The van der Waals surface area contributed by atoms with Crippen molar-refractivity contribution in [1.82, 2.24) is 20.0 Å². The second-order valence-corrected chi connectivity index (χ2v) is 7.50. The molecule has 144 valence electrons. The molecule has 1 atom stereocenters. The highest BCUT2D eigenvalue weighted by atomic mass is 32.1. The van der Waals surface area contributed by atoms with E-state index in [4.69, 9.17) is 4.42 Å². The summed E-state index contributed by atoms with van der Waals surface area (Å²) in [5, 5.41) is 17.6. The Bertz CT molecular complexity index is 899. The first-order valence-corrected chi connectivity index (χ1v) is 9.85. The summed E-state index contributed by atoms with van der Waals surface area (Å²) in [5.74, 6) is 1.03. The molecular formula is C18H25N6O2S+. The number of hydrogen-bond acceptors (Lipinski definition) is 6. The summed E-state index contributed by atoms with van der Waals surface area (Å²) in [6, 6.07) is 3.90. The van der Waals surface area contributed by atoms with Gasteiger partial charge in [0, 0.05) is 7.05 Å². The van der Waals surface area contributed by atoms with Crippen LogP contribution >= 0.6 is 11.3 Å². The molecule has 1 unspecified atom stereocenters. The molecule has 27 heavy (non-hydrogen) atoms. The Morgan fingerprint density at radius 2 is 2.19 bits per heavy atom. The number of anilines is 1. The second kappa shape index (κ2) is 8.45. The highest BCUT2D eigenvalue weighted by Crippen LogP contribution is 2.22. The number of aromatic nitrogens is 4. The van der Waals surface area contributed by atoms with Crippen LogP contribution in [0.2, 0.25) is 0 Å². The predicted molar refractivity (Wildman–Crippen MR) is 104 cm³/mol. The third-order valence-corrected chi connectivity index (χ3v) is 5.25. The van der Waals surface area contributed by atoms with Gasteiger partial charge in [0.15, 0.2) is 13.1 Å². The van der Waals surface area contributed by atoms with Gasteiger partial charge in [-0.1, -0.05) is 13.0 Å². The highest BCUT2D eigenvalue weighted by Gasteiger charge is 2.20. The molecule has 3 aromatic rings. The predicted octanol–water partition coefficient (Wildman–Crippen LogP) is 1.58. The van der Waals surface area contributed by atoms with Crippen molar-refractivity contribution in [3.8, 4) is 10.8 Å². The number of hydrogen-bond donors (Lipinski definition) is 2. The molecule has 0 aromatic carbocycles. The van der Waals surface area contributed by atoms with Crippen molar-refractivity contribution in [3.63, 3.8) is 0 Å². The van der Waals surface area contributed by atoms with Gasteiger partial charge >= 0.3 is 0 Å². The van der Waals surface area contributed by atoms with E-state index in [0.717, 1.165) is 39.8 Å². The number of nitrogens with zero attached hydrogens (tertiary/aromatic N) is 4. The van der Waals surface area contributed by atoms with Crippen LogP contribution < -0.4 is 10.2 Å².